The molecule has 2 heterocycles. The second kappa shape index (κ2) is 7.55. The second-order valence-electron chi connectivity index (χ2n) is 6.23. The molecule has 1 N–H and O–H groups in total. The highest BCUT2D eigenvalue weighted by molar-refractivity contribution is 6.36. The van der Waals surface area contributed by atoms with Gasteiger partial charge < -0.3 is 10.2 Å². The van der Waals surface area contributed by atoms with Crippen molar-refractivity contribution in [3.63, 3.8) is 0 Å². The van der Waals surface area contributed by atoms with Crippen molar-refractivity contribution in [1.82, 2.24) is 9.97 Å². The lowest BCUT2D eigenvalue weighted by Crippen LogP contribution is -2.35. The van der Waals surface area contributed by atoms with Crippen LogP contribution in [0.4, 0.5) is 17.3 Å². The normalized spacial score (nSPS) is 13.2. The number of carbonyl (C=O) groups is 1. The molecule has 0 unspecified atom stereocenters. The van der Waals surface area contributed by atoms with Crippen LogP contribution < -0.4 is 10.2 Å². The lowest BCUT2D eigenvalue weighted by Gasteiger charge is -2.29. The molecule has 0 fully saturated rings. The Morgan fingerprint density at radius 2 is 1.85 bits per heavy atom. The van der Waals surface area contributed by atoms with Crippen LogP contribution in [-0.4, -0.2) is 22.4 Å². The Morgan fingerprint density at radius 3 is 2.63 bits per heavy atom. The van der Waals surface area contributed by atoms with Crippen LogP contribution in [0.2, 0.25) is 10.0 Å². The van der Waals surface area contributed by atoms with Gasteiger partial charge in [-0.2, -0.15) is 0 Å². The average molecular weight is 399 g/mol. The monoisotopic (exact) mass is 398 g/mol. The summed E-state index contributed by atoms with van der Waals surface area (Å²) in [7, 11) is 0. The van der Waals surface area contributed by atoms with Crippen LogP contribution in [0.3, 0.4) is 0 Å². The molecule has 4 rings (SSSR count). The number of aryl methyl sites for hydroxylation is 1. The maximum Gasteiger partial charge on any atom is 0.261 e. The summed E-state index contributed by atoms with van der Waals surface area (Å²) in [6.07, 6.45) is 4.98. The molecule has 136 valence electrons. The van der Waals surface area contributed by atoms with Gasteiger partial charge in [0, 0.05) is 29.6 Å². The summed E-state index contributed by atoms with van der Waals surface area (Å²) in [5, 5.41) is 4.04. The Morgan fingerprint density at radius 1 is 1.07 bits per heavy atom. The molecule has 0 saturated carbocycles. The summed E-state index contributed by atoms with van der Waals surface area (Å²) in [5.74, 6) is 0.257. The van der Waals surface area contributed by atoms with E-state index in [9.17, 15) is 4.79 Å². The van der Waals surface area contributed by atoms with Gasteiger partial charge in [0.05, 0.1) is 16.3 Å². The first kappa shape index (κ1) is 17.8. The van der Waals surface area contributed by atoms with Crippen molar-refractivity contribution in [1.29, 1.82) is 0 Å². The molecule has 1 aliphatic heterocycles. The Bertz CT molecular complexity index is 992. The number of carbonyl (C=O) groups excluding carboxylic acids is 1. The predicted octanol–water partition coefficient (Wildman–Crippen LogP) is 5.12. The van der Waals surface area contributed by atoms with E-state index < -0.39 is 0 Å². The second-order valence-corrected chi connectivity index (χ2v) is 7.08. The predicted molar refractivity (Wildman–Crippen MR) is 108 cm³/mol. The molecular formula is C20H16Cl2N4O. The van der Waals surface area contributed by atoms with Crippen LogP contribution >= 0.6 is 23.2 Å². The summed E-state index contributed by atoms with van der Waals surface area (Å²) in [6, 6.07) is 13.1. The zero-order valence-corrected chi connectivity index (χ0v) is 15.8. The Hall–Kier alpha value is -2.63. The number of hydrogen-bond donors (Lipinski definition) is 1. The van der Waals surface area contributed by atoms with Gasteiger partial charge in [0.15, 0.2) is 0 Å². The summed E-state index contributed by atoms with van der Waals surface area (Å²) in [6.45, 7) is 0.691. The van der Waals surface area contributed by atoms with Crippen LogP contribution in [0, 0.1) is 0 Å². The molecule has 0 saturated heterocycles. The fraction of sp³-hybridized carbons (Fsp3) is 0.150. The smallest absolute Gasteiger partial charge is 0.261 e. The lowest BCUT2D eigenvalue weighted by molar-refractivity contribution is 0.0984. The van der Waals surface area contributed by atoms with Crippen LogP contribution in [0.1, 0.15) is 22.3 Å². The molecule has 1 aliphatic rings. The fourth-order valence-electron chi connectivity index (χ4n) is 3.11. The van der Waals surface area contributed by atoms with Crippen molar-refractivity contribution < 1.29 is 4.79 Å². The van der Waals surface area contributed by atoms with Crippen LogP contribution in [-0.2, 0) is 6.42 Å². The number of rotatable bonds is 3. The molecule has 7 heteroatoms. The third kappa shape index (κ3) is 3.75. The number of fused-ring (bicyclic) bond motifs is 1. The van der Waals surface area contributed by atoms with E-state index in [1.54, 1.807) is 23.1 Å². The molecule has 0 atom stereocenters. The minimum Gasteiger partial charge on any atom is -0.323 e. The molecule has 3 aromatic rings. The maximum absolute atomic E-state index is 12.9. The van der Waals surface area contributed by atoms with Gasteiger partial charge in [-0.3, -0.25) is 4.79 Å². The van der Waals surface area contributed by atoms with Gasteiger partial charge >= 0.3 is 0 Å². The lowest BCUT2D eigenvalue weighted by atomic mass is 10.0. The number of amides is 1. The molecule has 0 aliphatic carbocycles. The zero-order chi connectivity index (χ0) is 18.8. The number of para-hydroxylation sites is 1. The highest BCUT2D eigenvalue weighted by atomic mass is 35.5. The first-order chi connectivity index (χ1) is 13.1. The highest BCUT2D eigenvalue weighted by Gasteiger charge is 2.23. The van der Waals surface area contributed by atoms with E-state index in [-0.39, 0.29) is 5.91 Å². The van der Waals surface area contributed by atoms with Gasteiger partial charge in [0.1, 0.15) is 0 Å². The molecule has 1 aromatic heterocycles. The van der Waals surface area contributed by atoms with Crippen molar-refractivity contribution >= 4 is 46.4 Å². The molecular weight excluding hydrogens is 383 g/mol. The van der Waals surface area contributed by atoms with E-state index in [0.29, 0.717) is 33.8 Å². The maximum atomic E-state index is 12.9. The van der Waals surface area contributed by atoms with E-state index in [4.69, 9.17) is 23.2 Å². The minimum absolute atomic E-state index is 0.0989. The SMILES string of the molecule is O=C(c1cnc(Nc2ccc(Cl)cc2Cl)nc1)N1CCCc2ccccc21. The fourth-order valence-corrected chi connectivity index (χ4v) is 3.57. The Balaban J connectivity index is 1.53. The van der Waals surface area contributed by atoms with Gasteiger partial charge in [-0.15, -0.1) is 0 Å². The first-order valence-corrected chi connectivity index (χ1v) is 9.31. The van der Waals surface area contributed by atoms with Crippen molar-refractivity contribution in [2.24, 2.45) is 0 Å². The highest BCUT2D eigenvalue weighted by Crippen LogP contribution is 2.29. The largest absolute Gasteiger partial charge is 0.323 e. The summed E-state index contributed by atoms with van der Waals surface area (Å²) in [5.41, 5.74) is 3.24. The van der Waals surface area contributed by atoms with Crippen LogP contribution in [0.15, 0.2) is 54.9 Å². The van der Waals surface area contributed by atoms with Gasteiger partial charge in [0.25, 0.3) is 5.91 Å². The summed E-state index contributed by atoms with van der Waals surface area (Å²) < 4.78 is 0. The molecule has 0 radical (unpaired) electrons. The number of benzene rings is 2. The Kier molecular flexibility index (Phi) is 4.97. The molecule has 1 amide bonds. The summed E-state index contributed by atoms with van der Waals surface area (Å²) in [4.78, 5) is 23.2. The number of nitrogens with zero attached hydrogens (tertiary/aromatic N) is 3. The van der Waals surface area contributed by atoms with Crippen molar-refractivity contribution in [3.8, 4) is 0 Å². The van der Waals surface area contributed by atoms with E-state index in [2.05, 4.69) is 21.4 Å². The number of halogens is 2. The molecule has 27 heavy (non-hydrogen) atoms. The minimum atomic E-state index is -0.0989. The van der Waals surface area contributed by atoms with E-state index in [1.165, 1.54) is 18.0 Å². The van der Waals surface area contributed by atoms with Crippen molar-refractivity contribution in [2.75, 3.05) is 16.8 Å². The van der Waals surface area contributed by atoms with Gasteiger partial charge in [0.2, 0.25) is 5.95 Å². The van der Waals surface area contributed by atoms with E-state index in [1.807, 2.05) is 18.2 Å². The van der Waals surface area contributed by atoms with E-state index >= 15 is 0 Å². The van der Waals surface area contributed by atoms with E-state index in [0.717, 1.165) is 18.5 Å². The van der Waals surface area contributed by atoms with Crippen molar-refractivity contribution in [2.45, 2.75) is 12.8 Å². The number of nitrogens with one attached hydrogen (secondary N) is 1. The molecule has 2 aromatic carbocycles. The number of anilines is 3. The van der Waals surface area contributed by atoms with Crippen LogP contribution in [0.5, 0.6) is 0 Å². The summed E-state index contributed by atoms with van der Waals surface area (Å²) >= 11 is 12.0. The molecule has 0 bridgehead atoms. The third-order valence-corrected chi connectivity index (χ3v) is 4.98. The number of aromatic nitrogens is 2. The standard InChI is InChI=1S/C20H16Cl2N4O/c21-15-7-8-17(16(22)10-15)25-20-23-11-14(12-24-20)19(27)26-9-3-5-13-4-1-2-6-18(13)26/h1-2,4,6-8,10-12H,3,5,9H2,(H,23,24,25). The average Bonchev–Trinajstić information content (AvgIpc) is 2.70. The van der Waals surface area contributed by atoms with Crippen molar-refractivity contribution in [3.05, 3.63) is 76.0 Å². The Labute approximate surface area is 167 Å². The third-order valence-electron chi connectivity index (χ3n) is 4.43. The van der Waals surface area contributed by atoms with Gasteiger partial charge in [-0.1, -0.05) is 41.4 Å². The first-order valence-electron chi connectivity index (χ1n) is 8.56. The van der Waals surface area contributed by atoms with Gasteiger partial charge in [-0.25, -0.2) is 9.97 Å². The topological polar surface area (TPSA) is 58.1 Å². The molecule has 0 spiro atoms. The van der Waals surface area contributed by atoms with Crippen LogP contribution in [0.25, 0.3) is 0 Å². The van der Waals surface area contributed by atoms with Gasteiger partial charge in [-0.05, 0) is 42.7 Å². The zero-order valence-electron chi connectivity index (χ0n) is 14.3. The number of hydrogen-bond acceptors (Lipinski definition) is 4. The molecule has 5 nitrogen and oxygen atoms in total. The quantitative estimate of drug-likeness (QED) is 0.664.